The van der Waals surface area contributed by atoms with Crippen LogP contribution in [0, 0.1) is 0 Å². The van der Waals surface area contributed by atoms with E-state index in [9.17, 15) is 13.2 Å². The SMILES string of the molecule is CCn1ccnc1Nc1ccc(C(F)(F)F)nc1. The number of aryl methyl sites for hydroxylation is 1. The van der Waals surface area contributed by atoms with Crippen LogP contribution >= 0.6 is 0 Å². The summed E-state index contributed by atoms with van der Waals surface area (Å²) in [6.07, 6.45) is 0.112. The lowest BCUT2D eigenvalue weighted by atomic mass is 10.3. The molecular formula is C11H11F3N4. The average Bonchev–Trinajstić information content (AvgIpc) is 2.76. The number of alkyl halides is 3. The molecule has 0 amide bonds. The molecule has 4 nitrogen and oxygen atoms in total. The number of aromatic nitrogens is 3. The summed E-state index contributed by atoms with van der Waals surface area (Å²) in [5, 5.41) is 2.90. The maximum absolute atomic E-state index is 12.3. The first kappa shape index (κ1) is 12.4. The van der Waals surface area contributed by atoms with Gasteiger partial charge in [-0.1, -0.05) is 0 Å². The van der Waals surface area contributed by atoms with Crippen molar-refractivity contribution in [3.63, 3.8) is 0 Å². The molecule has 2 heterocycles. The summed E-state index contributed by atoms with van der Waals surface area (Å²) in [7, 11) is 0. The summed E-state index contributed by atoms with van der Waals surface area (Å²) in [5.41, 5.74) is -0.448. The van der Waals surface area contributed by atoms with E-state index in [4.69, 9.17) is 0 Å². The molecule has 2 aromatic heterocycles. The Bertz CT molecular complexity index is 516. The molecule has 0 aliphatic heterocycles. The van der Waals surface area contributed by atoms with E-state index in [2.05, 4.69) is 15.3 Å². The Hall–Kier alpha value is -2.05. The van der Waals surface area contributed by atoms with Gasteiger partial charge in [-0.3, -0.25) is 0 Å². The highest BCUT2D eigenvalue weighted by Gasteiger charge is 2.32. The number of halogens is 3. The summed E-state index contributed by atoms with van der Waals surface area (Å²) in [4.78, 5) is 7.42. The standard InChI is InChI=1S/C11H11F3N4/c1-2-18-6-5-15-10(18)17-8-3-4-9(16-7-8)11(12,13)14/h3-7H,2H2,1H3,(H,15,17). The van der Waals surface area contributed by atoms with Crippen molar-refractivity contribution in [3.8, 4) is 0 Å². The highest BCUT2D eigenvalue weighted by atomic mass is 19.4. The number of pyridine rings is 1. The molecule has 0 aromatic carbocycles. The van der Waals surface area contributed by atoms with Crippen LogP contribution in [0.15, 0.2) is 30.7 Å². The topological polar surface area (TPSA) is 42.7 Å². The maximum Gasteiger partial charge on any atom is 0.433 e. The largest absolute Gasteiger partial charge is 0.433 e. The monoisotopic (exact) mass is 256 g/mol. The van der Waals surface area contributed by atoms with E-state index < -0.39 is 11.9 Å². The van der Waals surface area contributed by atoms with E-state index in [0.29, 0.717) is 11.6 Å². The Labute approximate surface area is 101 Å². The van der Waals surface area contributed by atoms with E-state index >= 15 is 0 Å². The summed E-state index contributed by atoms with van der Waals surface area (Å²) >= 11 is 0. The fraction of sp³-hybridized carbons (Fsp3) is 0.273. The van der Waals surface area contributed by atoms with Gasteiger partial charge in [-0.15, -0.1) is 0 Å². The predicted molar refractivity (Wildman–Crippen MR) is 60.4 cm³/mol. The summed E-state index contributed by atoms with van der Waals surface area (Å²) in [6.45, 7) is 2.66. The first-order chi connectivity index (χ1) is 8.50. The van der Waals surface area contributed by atoms with Crippen LogP contribution in [0.25, 0.3) is 0 Å². The molecule has 0 radical (unpaired) electrons. The molecule has 0 saturated carbocycles. The van der Waals surface area contributed by atoms with Crippen molar-refractivity contribution in [3.05, 3.63) is 36.4 Å². The number of hydrogen-bond donors (Lipinski definition) is 1. The fourth-order valence-electron chi connectivity index (χ4n) is 1.45. The molecule has 0 fully saturated rings. The number of anilines is 2. The quantitative estimate of drug-likeness (QED) is 0.917. The smallest absolute Gasteiger partial charge is 0.324 e. The lowest BCUT2D eigenvalue weighted by molar-refractivity contribution is -0.141. The van der Waals surface area contributed by atoms with Crippen LogP contribution in [-0.4, -0.2) is 14.5 Å². The molecule has 2 aromatic rings. The summed E-state index contributed by atoms with van der Waals surface area (Å²) < 4.78 is 38.8. The van der Waals surface area contributed by atoms with Gasteiger partial charge >= 0.3 is 6.18 Å². The maximum atomic E-state index is 12.3. The second kappa shape index (κ2) is 4.67. The number of nitrogens with one attached hydrogen (secondary N) is 1. The van der Waals surface area contributed by atoms with Crippen molar-refractivity contribution < 1.29 is 13.2 Å². The first-order valence-corrected chi connectivity index (χ1v) is 5.32. The van der Waals surface area contributed by atoms with Gasteiger partial charge in [0.25, 0.3) is 0 Å². The van der Waals surface area contributed by atoms with Gasteiger partial charge < -0.3 is 9.88 Å². The van der Waals surface area contributed by atoms with Gasteiger partial charge in [-0.2, -0.15) is 13.2 Å². The number of nitrogens with zero attached hydrogens (tertiary/aromatic N) is 3. The van der Waals surface area contributed by atoms with Crippen molar-refractivity contribution in [2.24, 2.45) is 0 Å². The van der Waals surface area contributed by atoms with Crippen LogP contribution in [0.2, 0.25) is 0 Å². The Kier molecular flexibility index (Phi) is 3.22. The molecule has 0 atom stereocenters. The van der Waals surface area contributed by atoms with Gasteiger partial charge in [-0.05, 0) is 19.1 Å². The van der Waals surface area contributed by atoms with Crippen molar-refractivity contribution in [2.75, 3.05) is 5.32 Å². The molecule has 0 aliphatic rings. The van der Waals surface area contributed by atoms with Crippen molar-refractivity contribution in [1.82, 2.24) is 14.5 Å². The average molecular weight is 256 g/mol. The number of rotatable bonds is 3. The molecule has 18 heavy (non-hydrogen) atoms. The zero-order chi connectivity index (χ0) is 13.2. The first-order valence-electron chi connectivity index (χ1n) is 5.32. The van der Waals surface area contributed by atoms with Crippen molar-refractivity contribution in [2.45, 2.75) is 19.6 Å². The van der Waals surface area contributed by atoms with Crippen LogP contribution in [0.3, 0.4) is 0 Å². The summed E-state index contributed by atoms with van der Waals surface area (Å²) in [5.74, 6) is 0.569. The van der Waals surface area contributed by atoms with E-state index in [-0.39, 0.29) is 0 Å². The molecule has 0 bridgehead atoms. The molecule has 1 N–H and O–H groups in total. The zero-order valence-electron chi connectivity index (χ0n) is 9.57. The Morgan fingerprint density at radius 2 is 2.06 bits per heavy atom. The molecule has 0 spiro atoms. The minimum Gasteiger partial charge on any atom is -0.324 e. The summed E-state index contributed by atoms with van der Waals surface area (Å²) in [6, 6.07) is 2.26. The molecule has 0 aliphatic carbocycles. The van der Waals surface area contributed by atoms with E-state index in [1.807, 2.05) is 11.5 Å². The molecule has 0 unspecified atom stereocenters. The van der Waals surface area contributed by atoms with Gasteiger partial charge in [0.05, 0.1) is 11.9 Å². The Balaban J connectivity index is 2.16. The molecule has 0 saturated heterocycles. The predicted octanol–water partition coefficient (Wildman–Crippen LogP) is 3.06. The van der Waals surface area contributed by atoms with Crippen LogP contribution in [0.4, 0.5) is 24.8 Å². The fourth-order valence-corrected chi connectivity index (χ4v) is 1.45. The molecular weight excluding hydrogens is 245 g/mol. The lowest BCUT2D eigenvalue weighted by Crippen LogP contribution is -2.08. The molecule has 96 valence electrons. The van der Waals surface area contributed by atoms with Crippen molar-refractivity contribution in [1.29, 1.82) is 0 Å². The van der Waals surface area contributed by atoms with E-state index in [1.54, 1.807) is 12.4 Å². The molecule has 2 rings (SSSR count). The van der Waals surface area contributed by atoms with Gasteiger partial charge in [0.1, 0.15) is 5.69 Å². The van der Waals surface area contributed by atoms with Crippen LogP contribution in [-0.2, 0) is 12.7 Å². The van der Waals surface area contributed by atoms with Gasteiger partial charge in [0, 0.05) is 18.9 Å². The highest BCUT2D eigenvalue weighted by molar-refractivity contribution is 5.52. The van der Waals surface area contributed by atoms with Crippen molar-refractivity contribution >= 4 is 11.6 Å². The second-order valence-corrected chi connectivity index (χ2v) is 3.59. The third-order valence-electron chi connectivity index (χ3n) is 2.37. The highest BCUT2D eigenvalue weighted by Crippen LogP contribution is 2.28. The third kappa shape index (κ3) is 2.61. The second-order valence-electron chi connectivity index (χ2n) is 3.59. The van der Waals surface area contributed by atoms with Gasteiger partial charge in [0.2, 0.25) is 5.95 Å². The minimum atomic E-state index is -4.42. The van der Waals surface area contributed by atoms with Gasteiger partial charge in [0.15, 0.2) is 0 Å². The third-order valence-corrected chi connectivity index (χ3v) is 2.37. The van der Waals surface area contributed by atoms with Crippen LogP contribution in [0.5, 0.6) is 0 Å². The van der Waals surface area contributed by atoms with Gasteiger partial charge in [-0.25, -0.2) is 9.97 Å². The minimum absolute atomic E-state index is 0.462. The van der Waals surface area contributed by atoms with Crippen LogP contribution < -0.4 is 5.32 Å². The number of imidazole rings is 1. The van der Waals surface area contributed by atoms with Crippen LogP contribution in [0.1, 0.15) is 12.6 Å². The van der Waals surface area contributed by atoms with E-state index in [1.165, 1.54) is 6.07 Å². The Morgan fingerprint density at radius 3 is 2.61 bits per heavy atom. The number of hydrogen-bond acceptors (Lipinski definition) is 3. The normalized spacial score (nSPS) is 11.6. The van der Waals surface area contributed by atoms with E-state index in [0.717, 1.165) is 18.8 Å². The lowest BCUT2D eigenvalue weighted by Gasteiger charge is -2.09. The zero-order valence-corrected chi connectivity index (χ0v) is 9.57. The Morgan fingerprint density at radius 1 is 1.28 bits per heavy atom. The molecule has 7 heteroatoms.